The van der Waals surface area contributed by atoms with E-state index in [0.29, 0.717) is 18.4 Å². The van der Waals surface area contributed by atoms with Crippen molar-refractivity contribution >= 4 is 5.91 Å². The lowest BCUT2D eigenvalue weighted by molar-refractivity contribution is -0.121. The van der Waals surface area contributed by atoms with Gasteiger partial charge in [0, 0.05) is 38.6 Å². The van der Waals surface area contributed by atoms with Crippen LogP contribution in [0.3, 0.4) is 0 Å². The van der Waals surface area contributed by atoms with Gasteiger partial charge in [0.05, 0.1) is 0 Å². The average Bonchev–Trinajstić information content (AvgIpc) is 2.06. The van der Waals surface area contributed by atoms with Gasteiger partial charge >= 0.3 is 0 Å². The van der Waals surface area contributed by atoms with Crippen LogP contribution < -0.4 is 16.0 Å². The van der Waals surface area contributed by atoms with E-state index in [-0.39, 0.29) is 5.91 Å². The first kappa shape index (κ1) is 11.5. The number of hydrogen-bond acceptors (Lipinski definition) is 3. The lowest BCUT2D eigenvalue weighted by Gasteiger charge is -2.28. The maximum atomic E-state index is 11.3. The molecule has 0 spiro atoms. The molecule has 0 aliphatic carbocycles. The molecular weight excluding hydrogens is 178 g/mol. The average molecular weight is 199 g/mol. The minimum atomic E-state index is 0.151. The molecule has 1 aliphatic heterocycles. The van der Waals surface area contributed by atoms with Crippen LogP contribution in [0.15, 0.2) is 0 Å². The summed E-state index contributed by atoms with van der Waals surface area (Å²) >= 11 is 0. The fourth-order valence-corrected chi connectivity index (χ4v) is 1.23. The van der Waals surface area contributed by atoms with Gasteiger partial charge in [-0.25, -0.2) is 0 Å². The molecule has 14 heavy (non-hydrogen) atoms. The van der Waals surface area contributed by atoms with Gasteiger partial charge in [0.1, 0.15) is 0 Å². The Morgan fingerprint density at radius 3 is 2.71 bits per heavy atom. The molecule has 1 aliphatic rings. The van der Waals surface area contributed by atoms with Crippen molar-refractivity contribution in [3.63, 3.8) is 0 Å². The van der Waals surface area contributed by atoms with Crippen LogP contribution in [0.25, 0.3) is 0 Å². The van der Waals surface area contributed by atoms with Crippen LogP contribution in [0.1, 0.15) is 20.3 Å². The molecule has 82 valence electrons. The first-order valence-electron chi connectivity index (χ1n) is 5.39. The smallest absolute Gasteiger partial charge is 0.221 e. The van der Waals surface area contributed by atoms with Gasteiger partial charge in [0.15, 0.2) is 0 Å². The fraction of sp³-hybridized carbons (Fsp3) is 0.900. The normalized spacial score (nSPS) is 16.8. The Hall–Kier alpha value is -0.610. The van der Waals surface area contributed by atoms with E-state index in [9.17, 15) is 4.79 Å². The van der Waals surface area contributed by atoms with Crippen molar-refractivity contribution < 1.29 is 4.79 Å². The molecule has 1 amide bonds. The largest absolute Gasteiger partial charge is 0.356 e. The van der Waals surface area contributed by atoms with Crippen molar-refractivity contribution in [2.45, 2.75) is 26.3 Å². The quantitative estimate of drug-likeness (QED) is 0.551. The second-order valence-electron chi connectivity index (χ2n) is 4.26. The molecule has 4 heteroatoms. The number of hydrogen-bond donors (Lipinski definition) is 3. The molecule has 0 bridgehead atoms. The summed E-state index contributed by atoms with van der Waals surface area (Å²) < 4.78 is 0. The molecule has 0 aromatic rings. The van der Waals surface area contributed by atoms with Crippen LogP contribution in [0.2, 0.25) is 0 Å². The standard InChI is InChI=1S/C10H21N3O/c1-8(2)5-13-10(14)3-4-12-9-6-11-7-9/h8-9,11-12H,3-7H2,1-2H3,(H,13,14). The molecule has 1 saturated heterocycles. The second kappa shape index (κ2) is 5.98. The molecule has 1 fully saturated rings. The summed E-state index contributed by atoms with van der Waals surface area (Å²) in [4.78, 5) is 11.3. The predicted octanol–water partition coefficient (Wildman–Crippen LogP) is -0.290. The van der Waals surface area contributed by atoms with Crippen molar-refractivity contribution in [2.24, 2.45) is 5.92 Å². The minimum Gasteiger partial charge on any atom is -0.356 e. The Kier molecular flexibility index (Phi) is 4.90. The van der Waals surface area contributed by atoms with Gasteiger partial charge in [0.2, 0.25) is 5.91 Å². The SMILES string of the molecule is CC(C)CNC(=O)CCNC1CNC1. The first-order valence-corrected chi connectivity index (χ1v) is 5.39. The summed E-state index contributed by atoms with van der Waals surface area (Å²) in [5.74, 6) is 0.682. The van der Waals surface area contributed by atoms with Crippen LogP contribution in [0.4, 0.5) is 0 Å². The molecule has 0 radical (unpaired) electrons. The molecular formula is C10H21N3O. The summed E-state index contributed by atoms with van der Waals surface area (Å²) in [5.41, 5.74) is 0. The number of amides is 1. The lowest BCUT2D eigenvalue weighted by atomic mass is 10.2. The van der Waals surface area contributed by atoms with Crippen molar-refractivity contribution in [1.82, 2.24) is 16.0 Å². The highest BCUT2D eigenvalue weighted by Gasteiger charge is 2.15. The Balaban J connectivity index is 1.91. The zero-order chi connectivity index (χ0) is 10.4. The molecule has 4 nitrogen and oxygen atoms in total. The number of rotatable bonds is 6. The van der Waals surface area contributed by atoms with Crippen molar-refractivity contribution in [3.8, 4) is 0 Å². The Labute approximate surface area is 85.8 Å². The molecule has 0 atom stereocenters. The third-order valence-electron chi connectivity index (χ3n) is 2.27. The Bertz CT molecular complexity index is 178. The van der Waals surface area contributed by atoms with Crippen LogP contribution in [-0.4, -0.2) is 38.1 Å². The molecule has 0 aromatic heterocycles. The van der Waals surface area contributed by atoms with Crippen molar-refractivity contribution in [3.05, 3.63) is 0 Å². The third-order valence-corrected chi connectivity index (χ3v) is 2.27. The highest BCUT2D eigenvalue weighted by Crippen LogP contribution is 1.91. The van der Waals surface area contributed by atoms with E-state index in [1.807, 2.05) is 0 Å². The molecule has 3 N–H and O–H groups in total. The summed E-state index contributed by atoms with van der Waals surface area (Å²) in [6, 6.07) is 0.577. The maximum Gasteiger partial charge on any atom is 0.221 e. The summed E-state index contributed by atoms with van der Waals surface area (Å²) in [6.07, 6.45) is 0.587. The monoisotopic (exact) mass is 199 g/mol. The van der Waals surface area contributed by atoms with E-state index in [2.05, 4.69) is 29.8 Å². The Morgan fingerprint density at radius 2 is 2.21 bits per heavy atom. The van der Waals surface area contributed by atoms with E-state index in [4.69, 9.17) is 0 Å². The number of carbonyl (C=O) groups excluding carboxylic acids is 1. The maximum absolute atomic E-state index is 11.3. The lowest BCUT2D eigenvalue weighted by Crippen LogP contribution is -2.55. The van der Waals surface area contributed by atoms with Crippen LogP contribution >= 0.6 is 0 Å². The van der Waals surface area contributed by atoms with E-state index in [1.54, 1.807) is 0 Å². The minimum absolute atomic E-state index is 0.151. The molecule has 0 aromatic carbocycles. The van der Waals surface area contributed by atoms with Gasteiger partial charge in [-0.15, -0.1) is 0 Å². The predicted molar refractivity (Wildman–Crippen MR) is 57.1 cm³/mol. The second-order valence-corrected chi connectivity index (χ2v) is 4.26. The highest BCUT2D eigenvalue weighted by atomic mass is 16.1. The van der Waals surface area contributed by atoms with Gasteiger partial charge in [-0.2, -0.15) is 0 Å². The van der Waals surface area contributed by atoms with Crippen LogP contribution in [-0.2, 0) is 4.79 Å². The summed E-state index contributed by atoms with van der Waals surface area (Å²) in [5, 5.41) is 9.39. The molecule has 1 heterocycles. The van der Waals surface area contributed by atoms with Crippen LogP contribution in [0.5, 0.6) is 0 Å². The third kappa shape index (κ3) is 4.58. The van der Waals surface area contributed by atoms with Gasteiger partial charge in [0.25, 0.3) is 0 Å². The van der Waals surface area contributed by atoms with Crippen molar-refractivity contribution in [2.75, 3.05) is 26.2 Å². The van der Waals surface area contributed by atoms with Gasteiger partial charge in [-0.3, -0.25) is 4.79 Å². The van der Waals surface area contributed by atoms with Crippen LogP contribution in [0, 0.1) is 5.92 Å². The van der Waals surface area contributed by atoms with Gasteiger partial charge < -0.3 is 16.0 Å². The van der Waals surface area contributed by atoms with E-state index in [1.165, 1.54) is 0 Å². The summed E-state index contributed by atoms with van der Waals surface area (Å²) in [6.45, 7) is 7.83. The molecule has 1 rings (SSSR count). The van der Waals surface area contributed by atoms with Crippen molar-refractivity contribution in [1.29, 1.82) is 0 Å². The zero-order valence-corrected chi connectivity index (χ0v) is 9.10. The number of nitrogens with one attached hydrogen (secondary N) is 3. The van der Waals surface area contributed by atoms with Gasteiger partial charge in [-0.1, -0.05) is 13.8 Å². The topological polar surface area (TPSA) is 53.2 Å². The Morgan fingerprint density at radius 1 is 1.50 bits per heavy atom. The number of carbonyl (C=O) groups is 1. The first-order chi connectivity index (χ1) is 6.68. The van der Waals surface area contributed by atoms with Gasteiger partial charge in [-0.05, 0) is 5.92 Å². The van der Waals surface area contributed by atoms with E-state index >= 15 is 0 Å². The fourth-order valence-electron chi connectivity index (χ4n) is 1.23. The van der Waals surface area contributed by atoms with E-state index < -0.39 is 0 Å². The van der Waals surface area contributed by atoms with E-state index in [0.717, 1.165) is 26.2 Å². The molecule has 0 unspecified atom stereocenters. The summed E-state index contributed by atoms with van der Waals surface area (Å²) in [7, 11) is 0. The molecule has 0 saturated carbocycles. The highest BCUT2D eigenvalue weighted by molar-refractivity contribution is 5.76. The zero-order valence-electron chi connectivity index (χ0n) is 9.10.